The Morgan fingerprint density at radius 2 is 2.06 bits per heavy atom. The van der Waals surface area contributed by atoms with Crippen LogP contribution < -0.4 is 5.32 Å². The van der Waals surface area contributed by atoms with Crippen LogP contribution in [0.5, 0.6) is 0 Å². The van der Waals surface area contributed by atoms with E-state index < -0.39 is 17.6 Å². The third-order valence-corrected chi connectivity index (χ3v) is 2.75. The SMILES string of the molecule is Fc1cc(CC2CNCCO2)cc(C(F)(F)F)c1. The standard InChI is InChI=1S/C12H13F4NO/c13-10-4-8(3-9(6-10)12(14,15)16)5-11-7-17-1-2-18-11/h3-4,6,11,17H,1-2,5,7H2. The van der Waals surface area contributed by atoms with E-state index in [1.165, 1.54) is 0 Å². The van der Waals surface area contributed by atoms with Gasteiger partial charge in [-0.1, -0.05) is 0 Å². The molecule has 0 saturated carbocycles. The minimum absolute atomic E-state index is 0.207. The molecule has 1 atom stereocenters. The van der Waals surface area contributed by atoms with Crippen molar-refractivity contribution in [3.05, 3.63) is 35.1 Å². The highest BCUT2D eigenvalue weighted by atomic mass is 19.4. The summed E-state index contributed by atoms with van der Waals surface area (Å²) in [5.74, 6) is -0.872. The Morgan fingerprint density at radius 3 is 2.67 bits per heavy atom. The third kappa shape index (κ3) is 3.43. The third-order valence-electron chi connectivity index (χ3n) is 2.75. The van der Waals surface area contributed by atoms with Crippen LogP contribution >= 0.6 is 0 Å². The van der Waals surface area contributed by atoms with Crippen molar-refractivity contribution in [3.63, 3.8) is 0 Å². The summed E-state index contributed by atoms with van der Waals surface area (Å²) in [7, 11) is 0. The Hall–Kier alpha value is -1.14. The zero-order valence-electron chi connectivity index (χ0n) is 9.56. The molecular weight excluding hydrogens is 250 g/mol. The summed E-state index contributed by atoms with van der Waals surface area (Å²) in [6.07, 6.45) is -4.46. The summed E-state index contributed by atoms with van der Waals surface area (Å²) < 4.78 is 56.1. The summed E-state index contributed by atoms with van der Waals surface area (Å²) in [6, 6.07) is 2.59. The van der Waals surface area contributed by atoms with E-state index in [1.54, 1.807) is 0 Å². The van der Waals surface area contributed by atoms with E-state index in [2.05, 4.69) is 5.32 Å². The van der Waals surface area contributed by atoms with E-state index in [-0.39, 0.29) is 12.5 Å². The maximum absolute atomic E-state index is 13.2. The van der Waals surface area contributed by atoms with Crippen molar-refractivity contribution in [3.8, 4) is 0 Å². The number of nitrogens with one attached hydrogen (secondary N) is 1. The second-order valence-corrected chi connectivity index (χ2v) is 4.25. The van der Waals surface area contributed by atoms with Crippen LogP contribution in [0, 0.1) is 5.82 Å². The highest BCUT2D eigenvalue weighted by molar-refractivity contribution is 5.27. The molecule has 0 spiro atoms. The molecule has 1 aliphatic heterocycles. The molecular formula is C12H13F4NO. The molecule has 2 rings (SSSR count). The first-order chi connectivity index (χ1) is 8.45. The largest absolute Gasteiger partial charge is 0.416 e. The smallest absolute Gasteiger partial charge is 0.375 e. The van der Waals surface area contributed by atoms with Gasteiger partial charge in [-0.3, -0.25) is 0 Å². The fourth-order valence-electron chi connectivity index (χ4n) is 1.95. The molecule has 0 bridgehead atoms. The molecule has 1 heterocycles. The maximum atomic E-state index is 13.2. The van der Waals surface area contributed by atoms with Gasteiger partial charge in [-0.25, -0.2) is 4.39 Å². The zero-order chi connectivity index (χ0) is 13.2. The Balaban J connectivity index is 2.14. The summed E-state index contributed by atoms with van der Waals surface area (Å²) in [5, 5.41) is 3.07. The van der Waals surface area contributed by atoms with Gasteiger partial charge in [0.25, 0.3) is 0 Å². The number of benzene rings is 1. The maximum Gasteiger partial charge on any atom is 0.416 e. The second-order valence-electron chi connectivity index (χ2n) is 4.25. The highest BCUT2D eigenvalue weighted by Gasteiger charge is 2.31. The van der Waals surface area contributed by atoms with Gasteiger partial charge in [0.15, 0.2) is 0 Å². The lowest BCUT2D eigenvalue weighted by Gasteiger charge is -2.23. The number of hydrogen-bond donors (Lipinski definition) is 1. The summed E-state index contributed by atoms with van der Waals surface area (Å²) in [6.45, 7) is 1.82. The van der Waals surface area contributed by atoms with Crippen LogP contribution in [-0.2, 0) is 17.3 Å². The molecule has 2 nitrogen and oxygen atoms in total. The normalized spacial score (nSPS) is 21.0. The van der Waals surface area contributed by atoms with Gasteiger partial charge in [-0.05, 0) is 30.2 Å². The number of alkyl halides is 3. The first-order valence-electron chi connectivity index (χ1n) is 5.64. The topological polar surface area (TPSA) is 21.3 Å². The van der Waals surface area contributed by atoms with Crippen LogP contribution in [0.15, 0.2) is 18.2 Å². The van der Waals surface area contributed by atoms with Gasteiger partial charge in [0, 0.05) is 13.1 Å². The number of morpholine rings is 1. The number of hydrogen-bond acceptors (Lipinski definition) is 2. The van der Waals surface area contributed by atoms with E-state index in [0.717, 1.165) is 18.7 Å². The predicted molar refractivity (Wildman–Crippen MR) is 57.7 cm³/mol. The van der Waals surface area contributed by atoms with Crippen molar-refractivity contribution in [2.45, 2.75) is 18.7 Å². The Kier molecular flexibility index (Phi) is 3.87. The van der Waals surface area contributed by atoms with Gasteiger partial charge in [0.05, 0.1) is 18.3 Å². The molecule has 1 aromatic carbocycles. The van der Waals surface area contributed by atoms with Gasteiger partial charge in [-0.2, -0.15) is 13.2 Å². The van der Waals surface area contributed by atoms with Gasteiger partial charge < -0.3 is 10.1 Å². The molecule has 100 valence electrons. The summed E-state index contributed by atoms with van der Waals surface area (Å²) in [5.41, 5.74) is -0.655. The molecule has 0 radical (unpaired) electrons. The van der Waals surface area contributed by atoms with Crippen LogP contribution in [-0.4, -0.2) is 25.8 Å². The predicted octanol–water partition coefficient (Wildman–Crippen LogP) is 2.38. The molecule has 0 amide bonds. The van der Waals surface area contributed by atoms with Crippen molar-refractivity contribution >= 4 is 0 Å². The Bertz CT molecular complexity index is 413. The van der Waals surface area contributed by atoms with Crippen LogP contribution in [0.4, 0.5) is 17.6 Å². The van der Waals surface area contributed by atoms with Crippen molar-refractivity contribution < 1.29 is 22.3 Å². The van der Waals surface area contributed by atoms with Gasteiger partial charge in [0.1, 0.15) is 5.82 Å². The molecule has 1 unspecified atom stereocenters. The summed E-state index contributed by atoms with van der Waals surface area (Å²) in [4.78, 5) is 0. The number of rotatable bonds is 2. The van der Waals surface area contributed by atoms with E-state index in [0.29, 0.717) is 24.8 Å². The average molecular weight is 263 g/mol. The van der Waals surface area contributed by atoms with Crippen molar-refractivity contribution in [2.75, 3.05) is 19.7 Å². The van der Waals surface area contributed by atoms with Crippen molar-refractivity contribution in [1.29, 1.82) is 0 Å². The lowest BCUT2D eigenvalue weighted by atomic mass is 10.0. The van der Waals surface area contributed by atoms with Gasteiger partial charge >= 0.3 is 6.18 Å². The second kappa shape index (κ2) is 5.24. The van der Waals surface area contributed by atoms with E-state index in [1.807, 2.05) is 0 Å². The monoisotopic (exact) mass is 263 g/mol. The lowest BCUT2D eigenvalue weighted by Crippen LogP contribution is -2.39. The Labute approximate surface area is 102 Å². The first-order valence-corrected chi connectivity index (χ1v) is 5.64. The lowest BCUT2D eigenvalue weighted by molar-refractivity contribution is -0.137. The first kappa shape index (κ1) is 13.3. The molecule has 0 aromatic heterocycles. The molecule has 6 heteroatoms. The minimum Gasteiger partial charge on any atom is -0.375 e. The van der Waals surface area contributed by atoms with Crippen molar-refractivity contribution in [2.24, 2.45) is 0 Å². The molecule has 1 aliphatic rings. The van der Waals surface area contributed by atoms with E-state index in [9.17, 15) is 17.6 Å². The quantitative estimate of drug-likeness (QED) is 0.827. The van der Waals surface area contributed by atoms with Crippen LogP contribution in [0.1, 0.15) is 11.1 Å². The molecule has 0 aliphatic carbocycles. The summed E-state index contributed by atoms with van der Waals surface area (Å²) >= 11 is 0. The minimum atomic E-state index is -4.53. The molecule has 1 N–H and O–H groups in total. The molecule has 1 aromatic rings. The van der Waals surface area contributed by atoms with Crippen LogP contribution in [0.2, 0.25) is 0 Å². The fourth-order valence-corrected chi connectivity index (χ4v) is 1.95. The number of ether oxygens (including phenoxy) is 1. The van der Waals surface area contributed by atoms with Crippen molar-refractivity contribution in [1.82, 2.24) is 5.32 Å². The highest BCUT2D eigenvalue weighted by Crippen LogP contribution is 2.30. The molecule has 1 saturated heterocycles. The van der Waals surface area contributed by atoms with E-state index >= 15 is 0 Å². The van der Waals surface area contributed by atoms with Gasteiger partial charge in [-0.15, -0.1) is 0 Å². The fraction of sp³-hybridized carbons (Fsp3) is 0.500. The van der Waals surface area contributed by atoms with Crippen LogP contribution in [0.3, 0.4) is 0 Å². The number of halogens is 4. The zero-order valence-corrected chi connectivity index (χ0v) is 9.56. The Morgan fingerprint density at radius 1 is 1.28 bits per heavy atom. The van der Waals surface area contributed by atoms with Crippen LogP contribution in [0.25, 0.3) is 0 Å². The van der Waals surface area contributed by atoms with Gasteiger partial charge in [0.2, 0.25) is 0 Å². The van der Waals surface area contributed by atoms with E-state index in [4.69, 9.17) is 4.74 Å². The molecule has 1 fully saturated rings. The molecule has 18 heavy (non-hydrogen) atoms. The average Bonchev–Trinajstić information content (AvgIpc) is 2.28.